The lowest BCUT2D eigenvalue weighted by atomic mass is 9.90. The highest BCUT2D eigenvalue weighted by molar-refractivity contribution is 6.12. The largest absolute Gasteiger partial charge is 0.508 e. The lowest BCUT2D eigenvalue weighted by Gasteiger charge is -2.30. The van der Waals surface area contributed by atoms with Gasteiger partial charge in [0.25, 0.3) is 0 Å². The normalized spacial score (nSPS) is 18.1. The first-order valence-corrected chi connectivity index (χ1v) is 9.01. The number of benzene rings is 2. The second kappa shape index (κ2) is 7.45. The van der Waals surface area contributed by atoms with Gasteiger partial charge in [-0.2, -0.15) is 0 Å². The number of phenolic OH excluding ortho intramolecular Hbond substituents is 1. The van der Waals surface area contributed by atoms with Gasteiger partial charge in [0.05, 0.1) is 11.1 Å². The molecule has 5 heteroatoms. The summed E-state index contributed by atoms with van der Waals surface area (Å²) >= 11 is 0. The second-order valence-electron chi connectivity index (χ2n) is 7.68. The Kier molecular flexibility index (Phi) is 5.24. The molecule has 2 aromatic carbocycles. The van der Waals surface area contributed by atoms with Crippen LogP contribution in [0.5, 0.6) is 11.5 Å². The number of carbonyl (C=O) groups is 1. The molecule has 1 aliphatic heterocycles. The molecule has 0 spiro atoms. The molecule has 142 valence electrons. The fourth-order valence-corrected chi connectivity index (χ4v) is 2.99. The number of aromatic hydroxyl groups is 1. The molecule has 1 aliphatic rings. The Morgan fingerprint density at radius 3 is 2.63 bits per heavy atom. The van der Waals surface area contributed by atoms with Crippen LogP contribution < -0.4 is 10.1 Å². The summed E-state index contributed by atoms with van der Waals surface area (Å²) in [6.45, 7) is 6.01. The lowest BCUT2D eigenvalue weighted by Crippen LogP contribution is -2.34. The average Bonchev–Trinajstić information content (AvgIpc) is 2.62. The van der Waals surface area contributed by atoms with E-state index < -0.39 is 6.10 Å². The molecule has 0 saturated heterocycles. The maximum Gasteiger partial charge on any atom is 0.198 e. The molecular formula is C22H25NO4. The predicted molar refractivity (Wildman–Crippen MR) is 104 cm³/mol. The smallest absolute Gasteiger partial charge is 0.198 e. The van der Waals surface area contributed by atoms with Crippen LogP contribution in [0.25, 0.3) is 0 Å². The Balaban J connectivity index is 2.11. The molecule has 1 unspecified atom stereocenters. The second-order valence-corrected chi connectivity index (χ2v) is 7.68. The molecule has 0 aromatic heterocycles. The van der Waals surface area contributed by atoms with Crippen molar-refractivity contribution in [1.29, 1.82) is 0 Å². The van der Waals surface area contributed by atoms with Crippen LogP contribution in [-0.4, -0.2) is 28.1 Å². The average molecular weight is 367 g/mol. The topological polar surface area (TPSA) is 78.8 Å². The fraction of sp³-hybridized carbons (Fsp3) is 0.318. The summed E-state index contributed by atoms with van der Waals surface area (Å²) in [4.78, 5) is 13.1. The number of aliphatic hydroxyl groups excluding tert-OH is 1. The molecule has 0 aliphatic carbocycles. The van der Waals surface area contributed by atoms with Crippen molar-refractivity contribution in [1.82, 2.24) is 5.32 Å². The van der Waals surface area contributed by atoms with Crippen LogP contribution in [0.15, 0.2) is 54.2 Å². The summed E-state index contributed by atoms with van der Waals surface area (Å²) in [5.74, 6) is 0.411. The van der Waals surface area contributed by atoms with Crippen molar-refractivity contribution < 1.29 is 19.7 Å². The van der Waals surface area contributed by atoms with Crippen LogP contribution in [0, 0.1) is 0 Å². The predicted octanol–water partition coefficient (Wildman–Crippen LogP) is 3.52. The molecule has 1 heterocycles. The van der Waals surface area contributed by atoms with Gasteiger partial charge in [-0.3, -0.25) is 4.79 Å². The van der Waals surface area contributed by atoms with Crippen molar-refractivity contribution in [3.63, 3.8) is 0 Å². The molecule has 0 amide bonds. The third-order valence-corrected chi connectivity index (χ3v) is 4.36. The van der Waals surface area contributed by atoms with Crippen molar-refractivity contribution in [3.8, 4) is 11.5 Å². The van der Waals surface area contributed by atoms with Gasteiger partial charge >= 0.3 is 0 Å². The number of rotatable bonds is 4. The number of hydrogen-bond donors (Lipinski definition) is 3. The number of ether oxygens (including phenoxy) is 1. The maximum atomic E-state index is 13.1. The van der Waals surface area contributed by atoms with E-state index in [9.17, 15) is 15.0 Å². The van der Waals surface area contributed by atoms with Crippen molar-refractivity contribution in [2.45, 2.75) is 38.8 Å². The minimum absolute atomic E-state index is 0.00573. The SMILES string of the molecule is CC(C)(C)N/C=C1\C(=O)c2ccccc2OC1c1cc(CCO)ccc1O. The third kappa shape index (κ3) is 4.14. The number of nitrogens with one attached hydrogen (secondary N) is 1. The summed E-state index contributed by atoms with van der Waals surface area (Å²) in [6.07, 6.45) is 1.41. The standard InChI is InChI=1S/C22H25NO4/c1-22(2,3)23-13-17-20(26)15-6-4-5-7-19(15)27-21(17)16-12-14(10-11-24)8-9-18(16)25/h4-9,12-13,21,23-25H,10-11H2,1-3H3/b17-13+. The molecule has 1 atom stereocenters. The number of ketones is 1. The summed E-state index contributed by atoms with van der Waals surface area (Å²) in [6, 6.07) is 12.2. The van der Waals surface area contributed by atoms with E-state index in [4.69, 9.17) is 4.74 Å². The number of Topliss-reactive ketones (excluding diaryl/α,β-unsaturated/α-hetero) is 1. The van der Waals surface area contributed by atoms with E-state index in [2.05, 4.69) is 5.32 Å². The molecule has 2 aromatic rings. The molecule has 5 nitrogen and oxygen atoms in total. The van der Waals surface area contributed by atoms with Crippen molar-refractivity contribution in [3.05, 3.63) is 70.9 Å². The van der Waals surface area contributed by atoms with E-state index >= 15 is 0 Å². The molecule has 3 N–H and O–H groups in total. The number of fused-ring (bicyclic) bond motifs is 1. The van der Waals surface area contributed by atoms with Crippen LogP contribution in [0.1, 0.15) is 48.4 Å². The third-order valence-electron chi connectivity index (χ3n) is 4.36. The lowest BCUT2D eigenvalue weighted by molar-refractivity contribution is 0.0958. The maximum absolute atomic E-state index is 13.1. The summed E-state index contributed by atoms with van der Waals surface area (Å²) in [5, 5.41) is 22.9. The van der Waals surface area contributed by atoms with Gasteiger partial charge in [0.15, 0.2) is 11.9 Å². The van der Waals surface area contributed by atoms with Crippen LogP contribution in [0.4, 0.5) is 0 Å². The zero-order valence-corrected chi connectivity index (χ0v) is 15.8. The fourth-order valence-electron chi connectivity index (χ4n) is 2.99. The van der Waals surface area contributed by atoms with Crippen LogP contribution in [0.2, 0.25) is 0 Å². The minimum Gasteiger partial charge on any atom is -0.508 e. The zero-order chi connectivity index (χ0) is 19.6. The van der Waals surface area contributed by atoms with Gasteiger partial charge in [0.2, 0.25) is 0 Å². The Morgan fingerprint density at radius 1 is 1.19 bits per heavy atom. The van der Waals surface area contributed by atoms with Gasteiger partial charge in [-0.15, -0.1) is 0 Å². The number of hydrogen-bond acceptors (Lipinski definition) is 5. The van der Waals surface area contributed by atoms with E-state index in [0.29, 0.717) is 28.9 Å². The Bertz CT molecular complexity index is 880. The summed E-state index contributed by atoms with van der Waals surface area (Å²) in [7, 11) is 0. The summed E-state index contributed by atoms with van der Waals surface area (Å²) in [5.41, 5.74) is 2.08. The van der Waals surface area contributed by atoms with E-state index in [1.54, 1.807) is 42.6 Å². The Morgan fingerprint density at radius 2 is 1.93 bits per heavy atom. The minimum atomic E-state index is -0.735. The number of para-hydroxylation sites is 1. The van der Waals surface area contributed by atoms with Gasteiger partial charge in [0.1, 0.15) is 11.5 Å². The van der Waals surface area contributed by atoms with Gasteiger partial charge in [-0.05, 0) is 57.0 Å². The number of carbonyl (C=O) groups excluding carboxylic acids is 1. The van der Waals surface area contributed by atoms with E-state index in [1.165, 1.54) is 0 Å². The van der Waals surface area contributed by atoms with E-state index in [-0.39, 0.29) is 23.7 Å². The number of phenols is 1. The highest BCUT2D eigenvalue weighted by Crippen LogP contribution is 2.41. The highest BCUT2D eigenvalue weighted by Gasteiger charge is 2.34. The van der Waals surface area contributed by atoms with Crippen LogP contribution >= 0.6 is 0 Å². The van der Waals surface area contributed by atoms with Gasteiger partial charge < -0.3 is 20.3 Å². The molecule has 27 heavy (non-hydrogen) atoms. The molecule has 0 saturated carbocycles. The highest BCUT2D eigenvalue weighted by atomic mass is 16.5. The van der Waals surface area contributed by atoms with Gasteiger partial charge in [-0.1, -0.05) is 18.2 Å². The molecule has 0 radical (unpaired) electrons. The van der Waals surface area contributed by atoms with Gasteiger partial charge in [0, 0.05) is 23.9 Å². The zero-order valence-electron chi connectivity index (χ0n) is 15.8. The van der Waals surface area contributed by atoms with Crippen molar-refractivity contribution >= 4 is 5.78 Å². The molecule has 0 bridgehead atoms. The first-order chi connectivity index (χ1) is 12.8. The molecular weight excluding hydrogens is 342 g/mol. The summed E-state index contributed by atoms with van der Waals surface area (Å²) < 4.78 is 6.13. The number of aliphatic hydroxyl groups is 1. The Hall–Kier alpha value is -2.79. The monoisotopic (exact) mass is 367 g/mol. The van der Waals surface area contributed by atoms with Gasteiger partial charge in [-0.25, -0.2) is 0 Å². The van der Waals surface area contributed by atoms with Crippen molar-refractivity contribution in [2.24, 2.45) is 0 Å². The van der Waals surface area contributed by atoms with Crippen molar-refractivity contribution in [2.75, 3.05) is 6.61 Å². The first kappa shape index (κ1) is 19.0. The van der Waals surface area contributed by atoms with E-state index in [1.807, 2.05) is 26.8 Å². The quantitative estimate of drug-likeness (QED) is 0.721. The van der Waals surface area contributed by atoms with E-state index in [0.717, 1.165) is 5.56 Å². The van der Waals surface area contributed by atoms with Crippen LogP contribution in [0.3, 0.4) is 0 Å². The Labute approximate surface area is 159 Å². The molecule has 3 rings (SSSR count). The molecule has 0 fully saturated rings. The first-order valence-electron chi connectivity index (χ1n) is 9.01. The van der Waals surface area contributed by atoms with Crippen LogP contribution in [-0.2, 0) is 6.42 Å².